The van der Waals surface area contributed by atoms with Crippen LogP contribution in [0.15, 0.2) is 0 Å². The molecule has 1 aliphatic carbocycles. The van der Waals surface area contributed by atoms with Crippen molar-refractivity contribution in [3.05, 3.63) is 0 Å². The van der Waals surface area contributed by atoms with Gasteiger partial charge in [0, 0.05) is 0 Å². The Morgan fingerprint density at radius 1 is 0.852 bits per heavy atom. The Kier molecular flexibility index (Phi) is 6.57. The minimum Gasteiger partial charge on any atom is -0.262 e. The summed E-state index contributed by atoms with van der Waals surface area (Å²) in [5, 5.41) is -13.6. The van der Waals surface area contributed by atoms with Crippen molar-refractivity contribution in [2.75, 3.05) is 7.11 Å². The van der Waals surface area contributed by atoms with Crippen LogP contribution in [0.1, 0.15) is 25.7 Å². The fraction of sp³-hybridized carbons (Fsp3) is 1.00. The Bertz CT molecular complexity index is 863. The van der Waals surface area contributed by atoms with Crippen LogP contribution in [0.25, 0.3) is 0 Å². The Morgan fingerprint density at radius 2 is 1.30 bits per heavy atom. The number of nitrogens with one attached hydrogen (secondary N) is 1. The second-order valence-electron chi connectivity index (χ2n) is 5.27. The zero-order valence-electron chi connectivity index (χ0n) is 13.2. The van der Waals surface area contributed by atoms with Gasteiger partial charge in [-0.2, -0.15) is 43.2 Å². The number of halogens is 6. The van der Waals surface area contributed by atoms with Gasteiger partial charge in [-0.3, -0.25) is 8.37 Å². The van der Waals surface area contributed by atoms with Gasteiger partial charge in [-0.25, -0.2) is 8.42 Å². The first-order valence-corrected chi connectivity index (χ1v) is 11.0. The van der Waals surface area contributed by atoms with E-state index >= 15 is 0 Å². The summed E-state index contributed by atoms with van der Waals surface area (Å²) in [5.41, 5.74) is 0. The first-order valence-electron chi connectivity index (χ1n) is 6.74. The van der Waals surface area contributed by atoms with Crippen molar-refractivity contribution in [2.24, 2.45) is 0 Å². The molecule has 0 radical (unpaired) electrons. The molecular formula is C9H13F6NO8S3. The number of rotatable bonds is 9. The molecule has 1 aliphatic rings. The summed E-state index contributed by atoms with van der Waals surface area (Å²) in [6.07, 6.45) is -1.16. The van der Waals surface area contributed by atoms with Crippen molar-refractivity contribution in [2.45, 2.75) is 48.2 Å². The van der Waals surface area contributed by atoms with Crippen molar-refractivity contribution in [3.63, 3.8) is 0 Å². The van der Waals surface area contributed by atoms with Gasteiger partial charge >= 0.3 is 36.9 Å². The number of hydrogen-bond donors (Lipinski definition) is 1. The topological polar surface area (TPSA) is 133 Å². The van der Waals surface area contributed by atoms with E-state index in [4.69, 9.17) is 0 Å². The molecule has 0 aromatic heterocycles. The van der Waals surface area contributed by atoms with Gasteiger partial charge in [0.05, 0.1) is 13.2 Å². The third kappa shape index (κ3) is 4.34. The van der Waals surface area contributed by atoms with E-state index in [0.717, 1.165) is 0 Å². The summed E-state index contributed by atoms with van der Waals surface area (Å²) in [4.78, 5) is 0. The van der Waals surface area contributed by atoms with Crippen LogP contribution in [-0.2, 0) is 38.8 Å². The molecule has 0 aromatic rings. The lowest BCUT2D eigenvalue weighted by atomic mass is 10.3. The van der Waals surface area contributed by atoms with E-state index in [1.54, 1.807) is 0 Å². The maximum atomic E-state index is 13.8. The fourth-order valence-corrected chi connectivity index (χ4v) is 5.35. The summed E-state index contributed by atoms with van der Waals surface area (Å²) in [6, 6.07) is 0. The Morgan fingerprint density at radius 3 is 1.70 bits per heavy atom. The zero-order chi connectivity index (χ0) is 21.5. The summed E-state index contributed by atoms with van der Waals surface area (Å²) in [6.45, 7) is 0. The molecule has 162 valence electrons. The molecular weight excluding hydrogens is 460 g/mol. The number of hydrogen-bond acceptors (Lipinski definition) is 8. The van der Waals surface area contributed by atoms with Crippen molar-refractivity contribution in [1.29, 1.82) is 0 Å². The lowest BCUT2D eigenvalue weighted by molar-refractivity contribution is -0.246. The second kappa shape index (κ2) is 7.29. The molecule has 0 bridgehead atoms. The van der Waals surface area contributed by atoms with Gasteiger partial charge in [-0.1, -0.05) is 17.0 Å². The highest BCUT2D eigenvalue weighted by Crippen LogP contribution is 2.51. The van der Waals surface area contributed by atoms with Crippen LogP contribution in [0.4, 0.5) is 26.3 Å². The maximum Gasteiger partial charge on any atom is 0.439 e. The van der Waals surface area contributed by atoms with Gasteiger partial charge < -0.3 is 0 Å². The van der Waals surface area contributed by atoms with E-state index < -0.39 is 53.0 Å². The monoisotopic (exact) mass is 473 g/mol. The van der Waals surface area contributed by atoms with Crippen LogP contribution in [0, 0.1) is 0 Å². The number of sulfonamides is 1. The molecule has 1 rings (SSSR count). The van der Waals surface area contributed by atoms with Crippen LogP contribution < -0.4 is 4.13 Å². The van der Waals surface area contributed by atoms with Crippen LogP contribution in [0.2, 0.25) is 0 Å². The zero-order valence-corrected chi connectivity index (χ0v) is 15.6. The summed E-state index contributed by atoms with van der Waals surface area (Å²) in [7, 11) is -19.2. The first kappa shape index (κ1) is 24.3. The molecule has 0 aromatic carbocycles. The van der Waals surface area contributed by atoms with E-state index in [1.165, 1.54) is 0 Å². The van der Waals surface area contributed by atoms with Gasteiger partial charge in [0.15, 0.2) is 0 Å². The van der Waals surface area contributed by atoms with E-state index in [1.807, 2.05) is 0 Å². The van der Waals surface area contributed by atoms with Crippen LogP contribution in [0.5, 0.6) is 0 Å². The minimum atomic E-state index is -7.12. The standard InChI is InChI=1S/C9H13F6NO8S3/c1-23-27(21,22)16-25(17,18)8(12,13)7(10,11)9(14,15)26(19,20)24-6-4-2-3-5-6/h6,16H,2-5H2,1H3. The molecule has 1 fully saturated rings. The molecule has 1 saturated carbocycles. The summed E-state index contributed by atoms with van der Waals surface area (Å²) in [5.74, 6) is -7.12. The molecule has 9 nitrogen and oxygen atoms in total. The van der Waals surface area contributed by atoms with E-state index in [0.29, 0.717) is 12.8 Å². The van der Waals surface area contributed by atoms with E-state index in [2.05, 4.69) is 8.37 Å². The van der Waals surface area contributed by atoms with Crippen LogP contribution in [0.3, 0.4) is 0 Å². The van der Waals surface area contributed by atoms with Crippen molar-refractivity contribution in [3.8, 4) is 0 Å². The molecule has 27 heavy (non-hydrogen) atoms. The quantitative estimate of drug-likeness (QED) is 0.386. The average Bonchev–Trinajstić information content (AvgIpc) is 2.97. The predicted octanol–water partition coefficient (Wildman–Crippen LogP) is 0.907. The Labute approximate surface area is 150 Å². The maximum absolute atomic E-state index is 13.8. The normalized spacial score (nSPS) is 18.8. The van der Waals surface area contributed by atoms with Crippen molar-refractivity contribution in [1.82, 2.24) is 4.13 Å². The molecule has 0 aliphatic heterocycles. The lowest BCUT2D eigenvalue weighted by Crippen LogP contribution is -2.63. The molecule has 1 N–H and O–H groups in total. The van der Waals surface area contributed by atoms with E-state index in [-0.39, 0.29) is 24.1 Å². The van der Waals surface area contributed by atoms with Gasteiger partial charge in [-0.05, 0) is 12.8 Å². The third-order valence-corrected chi connectivity index (χ3v) is 7.85. The highest BCUT2D eigenvalue weighted by atomic mass is 32.3. The molecule has 0 saturated heterocycles. The van der Waals surface area contributed by atoms with Gasteiger partial charge in [0.1, 0.15) is 0 Å². The summed E-state index contributed by atoms with van der Waals surface area (Å²) < 4.78 is 156. The molecule has 0 atom stereocenters. The van der Waals surface area contributed by atoms with Crippen molar-refractivity contribution < 1.29 is 60.0 Å². The highest BCUT2D eigenvalue weighted by Gasteiger charge is 2.83. The van der Waals surface area contributed by atoms with Crippen molar-refractivity contribution >= 4 is 30.4 Å². The fourth-order valence-electron chi connectivity index (χ4n) is 1.94. The largest absolute Gasteiger partial charge is 0.439 e. The predicted molar refractivity (Wildman–Crippen MR) is 75.1 cm³/mol. The van der Waals surface area contributed by atoms with Crippen LogP contribution in [-0.4, -0.2) is 54.9 Å². The third-order valence-electron chi connectivity index (χ3n) is 3.38. The SMILES string of the molecule is COS(=O)(=O)NS(=O)(=O)C(F)(F)C(F)(F)C(F)(F)S(=O)(=O)OC1CCCC1. The second-order valence-corrected chi connectivity index (χ2v) is 10.3. The highest BCUT2D eigenvalue weighted by molar-refractivity contribution is 8.03. The molecule has 0 spiro atoms. The Hall–Kier alpha value is -0.690. The smallest absolute Gasteiger partial charge is 0.262 e. The molecule has 0 amide bonds. The van der Waals surface area contributed by atoms with Crippen LogP contribution >= 0.6 is 0 Å². The lowest BCUT2D eigenvalue weighted by Gasteiger charge is -2.31. The van der Waals surface area contributed by atoms with Gasteiger partial charge in [-0.15, -0.1) is 0 Å². The average molecular weight is 473 g/mol. The van der Waals surface area contributed by atoms with Gasteiger partial charge in [0.25, 0.3) is 10.0 Å². The molecule has 0 heterocycles. The molecule has 0 unspecified atom stereocenters. The number of alkyl halides is 6. The summed E-state index contributed by atoms with van der Waals surface area (Å²) >= 11 is 0. The first-order chi connectivity index (χ1) is 11.8. The van der Waals surface area contributed by atoms with Gasteiger partial charge in [0.2, 0.25) is 0 Å². The Balaban J connectivity index is 3.34. The minimum absolute atomic E-state index is 0.0514. The molecule has 18 heteroatoms. The van der Waals surface area contributed by atoms with E-state index in [9.17, 15) is 51.6 Å².